The van der Waals surface area contributed by atoms with Gasteiger partial charge < -0.3 is 10.1 Å². The number of benzene rings is 1. The Labute approximate surface area is 170 Å². The van der Waals surface area contributed by atoms with Gasteiger partial charge in [-0.05, 0) is 12.1 Å². The maximum atomic E-state index is 12.7. The molecule has 0 spiro atoms. The van der Waals surface area contributed by atoms with E-state index in [0.29, 0.717) is 28.7 Å². The minimum atomic E-state index is -0.488. The molecule has 152 valence electrons. The molecule has 10 heteroatoms. The van der Waals surface area contributed by atoms with Gasteiger partial charge in [0.1, 0.15) is 22.0 Å². The normalized spacial score (nSPS) is 10.9. The molecule has 3 rings (SSSR count). The number of aryl methyl sites for hydroxylation is 2. The van der Waals surface area contributed by atoms with Crippen LogP contribution in [0.15, 0.2) is 38.9 Å². The minimum absolute atomic E-state index is 0.0271. The Hall–Kier alpha value is -3.14. The first-order valence-electron chi connectivity index (χ1n) is 8.89. The van der Waals surface area contributed by atoms with Crippen LogP contribution in [0, 0.1) is 0 Å². The van der Waals surface area contributed by atoms with E-state index in [1.54, 1.807) is 25.2 Å². The van der Waals surface area contributed by atoms with E-state index in [4.69, 9.17) is 4.74 Å². The number of nitrogens with one attached hydrogen (secondary N) is 1. The predicted octanol–water partition coefficient (Wildman–Crippen LogP) is 1.33. The maximum absolute atomic E-state index is 12.7. The average Bonchev–Trinajstić information content (AvgIpc) is 2.74. The van der Waals surface area contributed by atoms with Gasteiger partial charge in [0.2, 0.25) is 5.91 Å². The number of carbonyl (C=O) groups excluding carboxylic acids is 1. The Bertz CT molecular complexity index is 1200. The number of hydrogen-bond acceptors (Lipinski definition) is 7. The molecule has 0 saturated heterocycles. The van der Waals surface area contributed by atoms with Crippen LogP contribution in [0.5, 0.6) is 5.75 Å². The van der Waals surface area contributed by atoms with Crippen molar-refractivity contribution < 1.29 is 9.53 Å². The molecule has 2 aromatic heterocycles. The summed E-state index contributed by atoms with van der Waals surface area (Å²) in [6, 6.07) is 7.09. The highest BCUT2D eigenvalue weighted by Crippen LogP contribution is 2.25. The van der Waals surface area contributed by atoms with Gasteiger partial charge in [0, 0.05) is 20.5 Å². The molecule has 0 saturated carbocycles. The van der Waals surface area contributed by atoms with Crippen LogP contribution in [-0.4, -0.2) is 37.9 Å². The van der Waals surface area contributed by atoms with Gasteiger partial charge in [0.05, 0.1) is 18.6 Å². The summed E-state index contributed by atoms with van der Waals surface area (Å²) in [5, 5.41) is 3.39. The third-order valence-electron chi connectivity index (χ3n) is 4.35. The Morgan fingerprint density at radius 1 is 1.17 bits per heavy atom. The summed E-state index contributed by atoms with van der Waals surface area (Å²) in [5.41, 5.74) is -0.134. The van der Waals surface area contributed by atoms with Crippen LogP contribution in [0.4, 0.5) is 5.69 Å². The Morgan fingerprint density at radius 2 is 1.90 bits per heavy atom. The van der Waals surface area contributed by atoms with E-state index in [0.717, 1.165) is 16.3 Å². The highest BCUT2D eigenvalue weighted by atomic mass is 32.2. The first-order chi connectivity index (χ1) is 13.9. The van der Waals surface area contributed by atoms with Crippen LogP contribution in [-0.2, 0) is 25.3 Å². The van der Waals surface area contributed by atoms with E-state index in [-0.39, 0.29) is 22.7 Å². The maximum Gasteiger partial charge on any atom is 0.332 e. The lowest BCUT2D eigenvalue weighted by Gasteiger charge is -2.12. The fraction of sp³-hybridized carbons (Fsp3) is 0.316. The average molecular weight is 415 g/mol. The number of amides is 1. The van der Waals surface area contributed by atoms with Gasteiger partial charge >= 0.3 is 5.69 Å². The summed E-state index contributed by atoms with van der Waals surface area (Å²) in [4.78, 5) is 46.1. The second kappa shape index (κ2) is 8.48. The van der Waals surface area contributed by atoms with Crippen LogP contribution in [0.3, 0.4) is 0 Å². The lowest BCUT2D eigenvalue weighted by molar-refractivity contribution is -0.113. The molecule has 3 aromatic rings. The summed E-state index contributed by atoms with van der Waals surface area (Å²) in [5.74, 6) is 0.800. The summed E-state index contributed by atoms with van der Waals surface area (Å²) < 4.78 is 7.56. The molecular formula is C19H21N5O4S. The summed E-state index contributed by atoms with van der Waals surface area (Å²) in [7, 11) is 4.49. The molecule has 1 amide bonds. The van der Waals surface area contributed by atoms with Gasteiger partial charge in [-0.2, -0.15) is 0 Å². The Morgan fingerprint density at radius 3 is 2.59 bits per heavy atom. The number of fused-ring (bicyclic) bond motifs is 1. The summed E-state index contributed by atoms with van der Waals surface area (Å²) >= 11 is 1.13. The molecule has 0 aliphatic carbocycles. The molecule has 2 heterocycles. The van der Waals surface area contributed by atoms with E-state index in [2.05, 4.69) is 15.3 Å². The molecule has 1 N–H and O–H groups in total. The number of hydrogen-bond donors (Lipinski definition) is 1. The number of carbonyl (C=O) groups is 1. The number of para-hydroxylation sites is 2. The van der Waals surface area contributed by atoms with E-state index in [9.17, 15) is 14.4 Å². The number of nitrogens with zero attached hydrogens (tertiary/aromatic N) is 4. The van der Waals surface area contributed by atoms with Crippen molar-refractivity contribution in [1.29, 1.82) is 0 Å². The lowest BCUT2D eigenvalue weighted by Crippen LogP contribution is -2.37. The zero-order valence-electron chi connectivity index (χ0n) is 16.6. The SMILES string of the molecule is CCc1nc(SCC(=O)Nc2ccccc2OC)c2c(=O)n(C)c(=O)n(C)c2n1. The third kappa shape index (κ3) is 4.02. The first-order valence-corrected chi connectivity index (χ1v) is 9.88. The van der Waals surface area contributed by atoms with Gasteiger partial charge in [-0.15, -0.1) is 0 Å². The molecule has 1 aromatic carbocycles. The Kier molecular flexibility index (Phi) is 6.02. The van der Waals surface area contributed by atoms with E-state index in [1.807, 2.05) is 13.0 Å². The molecule has 0 radical (unpaired) electrons. The highest BCUT2D eigenvalue weighted by Gasteiger charge is 2.18. The summed E-state index contributed by atoms with van der Waals surface area (Å²) in [6.07, 6.45) is 0.528. The van der Waals surface area contributed by atoms with Crippen molar-refractivity contribution in [3.05, 3.63) is 50.9 Å². The van der Waals surface area contributed by atoms with Crippen LogP contribution < -0.4 is 21.3 Å². The van der Waals surface area contributed by atoms with Crippen molar-refractivity contribution in [3.8, 4) is 5.75 Å². The van der Waals surface area contributed by atoms with Crippen molar-refractivity contribution >= 4 is 34.4 Å². The third-order valence-corrected chi connectivity index (χ3v) is 5.33. The highest BCUT2D eigenvalue weighted by molar-refractivity contribution is 8.00. The van der Waals surface area contributed by atoms with Crippen molar-refractivity contribution in [1.82, 2.24) is 19.1 Å². The minimum Gasteiger partial charge on any atom is -0.495 e. The van der Waals surface area contributed by atoms with Gasteiger partial charge in [-0.1, -0.05) is 30.8 Å². The molecule has 0 fully saturated rings. The molecule has 0 aliphatic rings. The zero-order chi connectivity index (χ0) is 21.1. The first kappa shape index (κ1) is 20.6. The van der Waals surface area contributed by atoms with E-state index >= 15 is 0 Å². The van der Waals surface area contributed by atoms with Crippen LogP contribution in [0.2, 0.25) is 0 Å². The van der Waals surface area contributed by atoms with Crippen molar-refractivity contribution in [2.75, 3.05) is 18.2 Å². The monoisotopic (exact) mass is 415 g/mol. The fourth-order valence-corrected chi connectivity index (χ4v) is 3.64. The molecule has 0 unspecified atom stereocenters. The number of methoxy groups -OCH3 is 1. The number of rotatable bonds is 6. The number of thioether (sulfide) groups is 1. The molecule has 0 atom stereocenters. The van der Waals surface area contributed by atoms with Gasteiger partial charge in [0.15, 0.2) is 5.65 Å². The number of ether oxygens (including phenoxy) is 1. The standard InChI is InChI=1S/C19H21N5O4S/c1-5-13-21-16-15(18(26)24(3)19(27)23(16)2)17(22-13)29-10-14(25)20-11-8-6-7-9-12(11)28-4/h6-9H,5,10H2,1-4H3,(H,20,25). The Balaban J connectivity index is 1.94. The largest absolute Gasteiger partial charge is 0.495 e. The topological polar surface area (TPSA) is 108 Å². The lowest BCUT2D eigenvalue weighted by atomic mass is 10.3. The second-order valence-electron chi connectivity index (χ2n) is 6.24. The molecule has 0 aliphatic heterocycles. The van der Waals surface area contributed by atoms with Gasteiger partial charge in [-0.25, -0.2) is 14.8 Å². The van der Waals surface area contributed by atoms with Gasteiger partial charge in [0.25, 0.3) is 5.56 Å². The van der Waals surface area contributed by atoms with Gasteiger partial charge in [-0.3, -0.25) is 18.7 Å². The van der Waals surface area contributed by atoms with Crippen LogP contribution >= 0.6 is 11.8 Å². The number of aromatic nitrogens is 4. The van der Waals surface area contributed by atoms with Crippen molar-refractivity contribution in [3.63, 3.8) is 0 Å². The summed E-state index contributed by atoms with van der Waals surface area (Å²) in [6.45, 7) is 1.88. The molecule has 29 heavy (non-hydrogen) atoms. The zero-order valence-corrected chi connectivity index (χ0v) is 17.4. The smallest absolute Gasteiger partial charge is 0.332 e. The predicted molar refractivity (Wildman–Crippen MR) is 112 cm³/mol. The van der Waals surface area contributed by atoms with E-state index in [1.165, 1.54) is 18.7 Å². The van der Waals surface area contributed by atoms with Crippen molar-refractivity contribution in [2.24, 2.45) is 14.1 Å². The van der Waals surface area contributed by atoms with Crippen LogP contribution in [0.1, 0.15) is 12.7 Å². The quantitative estimate of drug-likeness (QED) is 0.478. The molecule has 0 bridgehead atoms. The van der Waals surface area contributed by atoms with Crippen LogP contribution in [0.25, 0.3) is 11.0 Å². The number of anilines is 1. The van der Waals surface area contributed by atoms with Crippen molar-refractivity contribution in [2.45, 2.75) is 18.4 Å². The molecule has 9 nitrogen and oxygen atoms in total. The molecular weight excluding hydrogens is 394 g/mol. The van der Waals surface area contributed by atoms with E-state index < -0.39 is 11.2 Å². The second-order valence-corrected chi connectivity index (χ2v) is 7.20. The fourth-order valence-electron chi connectivity index (χ4n) is 2.80.